The number of ketones is 1. The molecular weight excluding hydrogens is 524 g/mol. The van der Waals surface area contributed by atoms with Crippen molar-refractivity contribution >= 4 is 23.8 Å². The van der Waals surface area contributed by atoms with Crippen LogP contribution in [0.25, 0.3) is 6.08 Å². The van der Waals surface area contributed by atoms with Crippen LogP contribution >= 0.6 is 0 Å². The van der Waals surface area contributed by atoms with E-state index in [2.05, 4.69) is 0 Å². The summed E-state index contributed by atoms with van der Waals surface area (Å²) in [6.45, 7) is 16.6. The minimum Gasteiger partial charge on any atom is -0.493 e. The summed E-state index contributed by atoms with van der Waals surface area (Å²) in [5, 5.41) is 0. The Kier molecular flexibility index (Phi) is 12.0. The molecule has 224 valence electrons. The third-order valence-corrected chi connectivity index (χ3v) is 6.04. The van der Waals surface area contributed by atoms with Crippen molar-refractivity contribution in [2.75, 3.05) is 20.2 Å². The molecule has 0 bridgehead atoms. The minimum absolute atomic E-state index is 0.191. The molecule has 0 amide bonds. The van der Waals surface area contributed by atoms with Gasteiger partial charge >= 0.3 is 11.9 Å². The highest BCUT2D eigenvalue weighted by molar-refractivity contribution is 6.07. The van der Waals surface area contributed by atoms with Crippen LogP contribution in [0.15, 0.2) is 36.4 Å². The van der Waals surface area contributed by atoms with Gasteiger partial charge in [0.1, 0.15) is 17.2 Å². The van der Waals surface area contributed by atoms with Crippen molar-refractivity contribution < 1.29 is 38.1 Å². The fourth-order valence-corrected chi connectivity index (χ4v) is 3.70. The van der Waals surface area contributed by atoms with Crippen molar-refractivity contribution in [1.82, 2.24) is 0 Å². The molecule has 41 heavy (non-hydrogen) atoms. The lowest BCUT2D eigenvalue weighted by Crippen LogP contribution is -2.25. The van der Waals surface area contributed by atoms with E-state index in [9.17, 15) is 14.4 Å². The second-order valence-corrected chi connectivity index (χ2v) is 11.5. The molecule has 0 aliphatic rings. The Morgan fingerprint density at radius 2 is 1.29 bits per heavy atom. The number of hydrogen-bond donors (Lipinski definition) is 0. The van der Waals surface area contributed by atoms with Gasteiger partial charge in [0, 0.05) is 16.7 Å². The predicted octanol–water partition coefficient (Wildman–Crippen LogP) is 6.96. The lowest BCUT2D eigenvalue weighted by molar-refractivity contribution is -0.160. The third-order valence-electron chi connectivity index (χ3n) is 6.04. The zero-order valence-corrected chi connectivity index (χ0v) is 25.8. The van der Waals surface area contributed by atoms with Crippen LogP contribution in [0.5, 0.6) is 17.2 Å². The first-order chi connectivity index (χ1) is 19.2. The van der Waals surface area contributed by atoms with Gasteiger partial charge < -0.3 is 23.7 Å². The first-order valence-corrected chi connectivity index (χ1v) is 14.0. The van der Waals surface area contributed by atoms with Gasteiger partial charge in [0.05, 0.1) is 17.4 Å². The minimum atomic E-state index is -0.628. The van der Waals surface area contributed by atoms with Gasteiger partial charge in [0.2, 0.25) is 13.6 Å². The Balaban J connectivity index is 2.22. The number of allylic oxidation sites excluding steroid dienone is 1. The van der Waals surface area contributed by atoms with Crippen LogP contribution in [0.4, 0.5) is 0 Å². The van der Waals surface area contributed by atoms with E-state index in [1.165, 1.54) is 6.08 Å². The number of aryl methyl sites for hydroxylation is 1. The standard InChI is InChI=1S/C33H44O8/c1-10-22-19-24(29(37-12-3)26(11-2)28(22)39-21-41-31(36)33(7,8)9)15-18-27(34)23-13-16-25(17-14-23)38-20-40-30(35)32(4,5)6/h13-19H,10-12,20-21H2,1-9H3/b18-15+. The molecule has 8 heteroatoms. The number of rotatable bonds is 13. The maximum Gasteiger partial charge on any atom is 0.314 e. The Bertz CT molecular complexity index is 1230. The van der Waals surface area contributed by atoms with Crippen molar-refractivity contribution in [1.29, 1.82) is 0 Å². The summed E-state index contributed by atoms with van der Waals surface area (Å²) in [4.78, 5) is 37.0. The fraction of sp³-hybridized carbons (Fsp3) is 0.485. The van der Waals surface area contributed by atoms with Gasteiger partial charge in [-0.05, 0) is 109 Å². The van der Waals surface area contributed by atoms with Crippen LogP contribution in [-0.2, 0) is 31.9 Å². The lowest BCUT2D eigenvalue weighted by atomic mass is 9.97. The van der Waals surface area contributed by atoms with Gasteiger partial charge in [0.15, 0.2) is 5.78 Å². The summed E-state index contributed by atoms with van der Waals surface area (Å²) >= 11 is 0. The molecule has 2 aromatic rings. The van der Waals surface area contributed by atoms with E-state index in [1.54, 1.807) is 71.9 Å². The average Bonchev–Trinajstić information content (AvgIpc) is 2.91. The van der Waals surface area contributed by atoms with Gasteiger partial charge in [-0.1, -0.05) is 13.8 Å². The second kappa shape index (κ2) is 14.7. The quantitative estimate of drug-likeness (QED) is 0.111. The molecule has 0 N–H and O–H groups in total. The monoisotopic (exact) mass is 568 g/mol. The maximum atomic E-state index is 13.0. The van der Waals surface area contributed by atoms with E-state index >= 15 is 0 Å². The van der Waals surface area contributed by atoms with Crippen molar-refractivity contribution in [2.24, 2.45) is 10.8 Å². The summed E-state index contributed by atoms with van der Waals surface area (Å²) in [5.74, 6) is 0.843. The van der Waals surface area contributed by atoms with Gasteiger partial charge in [-0.15, -0.1) is 0 Å². The average molecular weight is 569 g/mol. The summed E-state index contributed by atoms with van der Waals surface area (Å²) in [6, 6.07) is 8.55. The Hall–Kier alpha value is -3.81. The SMILES string of the molecule is CCOc1c(/C=C/C(=O)c2ccc(OCOC(=O)C(C)(C)C)cc2)cc(CC)c(OCOC(=O)C(C)(C)C)c1CC. The Morgan fingerprint density at radius 3 is 1.78 bits per heavy atom. The molecular formula is C33H44O8. The molecule has 0 atom stereocenters. The number of ether oxygens (including phenoxy) is 5. The summed E-state index contributed by atoms with van der Waals surface area (Å²) < 4.78 is 27.9. The number of hydrogen-bond acceptors (Lipinski definition) is 8. The van der Waals surface area contributed by atoms with Crippen molar-refractivity contribution in [3.05, 3.63) is 58.7 Å². The highest BCUT2D eigenvalue weighted by Crippen LogP contribution is 2.38. The van der Waals surface area contributed by atoms with Crippen LogP contribution < -0.4 is 14.2 Å². The molecule has 0 aromatic heterocycles. The van der Waals surface area contributed by atoms with Gasteiger partial charge in [0.25, 0.3) is 0 Å². The highest BCUT2D eigenvalue weighted by atomic mass is 16.7. The number of carbonyl (C=O) groups excluding carboxylic acids is 3. The van der Waals surface area contributed by atoms with Crippen molar-refractivity contribution in [3.63, 3.8) is 0 Å². The molecule has 8 nitrogen and oxygen atoms in total. The van der Waals surface area contributed by atoms with E-state index in [0.717, 1.165) is 16.7 Å². The van der Waals surface area contributed by atoms with Crippen molar-refractivity contribution in [2.45, 2.75) is 75.2 Å². The van der Waals surface area contributed by atoms with Gasteiger partial charge in [-0.25, -0.2) is 0 Å². The van der Waals surface area contributed by atoms with Crippen LogP contribution in [0.1, 0.15) is 89.4 Å². The zero-order valence-electron chi connectivity index (χ0n) is 25.8. The van der Waals surface area contributed by atoms with Gasteiger partial charge in [-0.2, -0.15) is 0 Å². The Morgan fingerprint density at radius 1 is 0.732 bits per heavy atom. The fourth-order valence-electron chi connectivity index (χ4n) is 3.70. The van der Waals surface area contributed by atoms with E-state index in [1.807, 2.05) is 26.8 Å². The molecule has 0 fully saturated rings. The maximum absolute atomic E-state index is 13.0. The van der Waals surface area contributed by atoms with Gasteiger partial charge in [-0.3, -0.25) is 14.4 Å². The summed E-state index contributed by atoms with van der Waals surface area (Å²) in [7, 11) is 0. The van der Waals surface area contributed by atoms with Crippen LogP contribution in [0, 0.1) is 10.8 Å². The van der Waals surface area contributed by atoms with E-state index in [4.69, 9.17) is 23.7 Å². The van der Waals surface area contributed by atoms with Crippen LogP contribution in [-0.4, -0.2) is 37.9 Å². The zero-order chi connectivity index (χ0) is 30.8. The summed E-state index contributed by atoms with van der Waals surface area (Å²) in [6.07, 6.45) is 4.53. The van der Waals surface area contributed by atoms with Crippen LogP contribution in [0.3, 0.4) is 0 Å². The van der Waals surface area contributed by atoms with Crippen LogP contribution in [0.2, 0.25) is 0 Å². The van der Waals surface area contributed by atoms with E-state index in [0.29, 0.717) is 42.3 Å². The first-order valence-electron chi connectivity index (χ1n) is 14.0. The molecule has 0 unspecified atom stereocenters. The lowest BCUT2D eigenvalue weighted by Gasteiger charge is -2.21. The number of carbonyl (C=O) groups is 3. The Labute approximate surface area is 244 Å². The predicted molar refractivity (Wildman–Crippen MR) is 158 cm³/mol. The molecule has 0 aliphatic carbocycles. The number of esters is 2. The third kappa shape index (κ3) is 9.66. The smallest absolute Gasteiger partial charge is 0.314 e. The molecule has 2 rings (SSSR count). The molecule has 0 spiro atoms. The normalized spacial score (nSPS) is 11.7. The highest BCUT2D eigenvalue weighted by Gasteiger charge is 2.25. The topological polar surface area (TPSA) is 97.4 Å². The molecule has 0 radical (unpaired) electrons. The molecule has 2 aromatic carbocycles. The molecule has 0 aliphatic heterocycles. The molecule has 0 saturated carbocycles. The largest absolute Gasteiger partial charge is 0.493 e. The van der Waals surface area contributed by atoms with E-state index in [-0.39, 0.29) is 31.3 Å². The second-order valence-electron chi connectivity index (χ2n) is 11.5. The number of benzene rings is 2. The van der Waals surface area contributed by atoms with Crippen molar-refractivity contribution in [3.8, 4) is 17.2 Å². The molecule has 0 saturated heterocycles. The molecule has 0 heterocycles. The summed E-state index contributed by atoms with van der Waals surface area (Å²) in [5.41, 5.74) is 1.75. The van der Waals surface area contributed by atoms with E-state index < -0.39 is 10.8 Å². The first kappa shape index (κ1) is 33.4.